The Morgan fingerprint density at radius 3 is 2.68 bits per heavy atom. The van der Waals surface area contributed by atoms with Gasteiger partial charge < -0.3 is 9.88 Å². The first kappa shape index (κ1) is 21.7. The summed E-state index contributed by atoms with van der Waals surface area (Å²) in [6.45, 7) is 1.73. The average Bonchev–Trinajstić information content (AvgIpc) is 3.35. The molecule has 1 heterocycles. The van der Waals surface area contributed by atoms with E-state index in [0.29, 0.717) is 18.4 Å². The molecule has 0 fully saturated rings. The van der Waals surface area contributed by atoms with Crippen molar-refractivity contribution in [2.24, 2.45) is 11.1 Å². The largest absolute Gasteiger partial charge is 0.336 e. The fourth-order valence-electron chi connectivity index (χ4n) is 4.71. The third-order valence-electron chi connectivity index (χ3n) is 6.21. The monoisotopic (exact) mass is 438 g/mol. The van der Waals surface area contributed by atoms with Crippen LogP contribution in [0, 0.1) is 5.92 Å². The maximum absolute atomic E-state index is 11.4. The molecule has 1 aliphatic rings. The molecule has 0 saturated heterocycles. The molecule has 7 heteroatoms. The van der Waals surface area contributed by atoms with E-state index in [9.17, 15) is 8.42 Å². The minimum absolute atomic E-state index is 0.0793. The number of sulfonamides is 1. The molecule has 0 aliphatic heterocycles. The second-order valence-corrected chi connectivity index (χ2v) is 9.96. The molecule has 0 saturated carbocycles. The maximum atomic E-state index is 11.4. The number of nitrogens with zero attached hydrogens (tertiary/aromatic N) is 2. The molecule has 3 N–H and O–H groups in total. The lowest BCUT2D eigenvalue weighted by atomic mass is 9.86. The van der Waals surface area contributed by atoms with Gasteiger partial charge in [-0.05, 0) is 73.4 Å². The predicted octanol–water partition coefficient (Wildman–Crippen LogP) is 2.88. The van der Waals surface area contributed by atoms with Gasteiger partial charge in [0.2, 0.25) is 0 Å². The highest BCUT2D eigenvalue weighted by Gasteiger charge is 2.32. The number of aryl methyl sites for hydroxylation is 2. The Kier molecular flexibility index (Phi) is 6.55. The topological polar surface area (TPSA) is 90.0 Å². The molecule has 1 aliphatic carbocycles. The molecule has 6 nitrogen and oxygen atoms in total. The van der Waals surface area contributed by atoms with Gasteiger partial charge in [-0.2, -0.15) is 0 Å². The Morgan fingerprint density at radius 1 is 1.16 bits per heavy atom. The zero-order chi connectivity index (χ0) is 21.8. The van der Waals surface area contributed by atoms with E-state index in [2.05, 4.69) is 58.8 Å². The molecule has 0 radical (unpaired) electrons. The Bertz CT molecular complexity index is 1130. The van der Waals surface area contributed by atoms with Crippen LogP contribution in [0.4, 0.5) is 0 Å². The first-order valence-corrected chi connectivity index (χ1v) is 12.3. The summed E-state index contributed by atoms with van der Waals surface area (Å²) in [5.41, 5.74) is 5.67. The van der Waals surface area contributed by atoms with Gasteiger partial charge in [0.1, 0.15) is 0 Å². The third kappa shape index (κ3) is 5.23. The van der Waals surface area contributed by atoms with Crippen molar-refractivity contribution in [1.82, 2.24) is 14.9 Å². The number of aromatic nitrogens is 2. The van der Waals surface area contributed by atoms with Crippen molar-refractivity contribution in [3.05, 3.63) is 83.3 Å². The minimum atomic E-state index is -3.75. The van der Waals surface area contributed by atoms with E-state index >= 15 is 0 Å². The van der Waals surface area contributed by atoms with Gasteiger partial charge in [0, 0.05) is 12.7 Å². The van der Waals surface area contributed by atoms with Gasteiger partial charge in [-0.15, -0.1) is 0 Å². The summed E-state index contributed by atoms with van der Waals surface area (Å²) in [4.78, 5) is 3.88. The van der Waals surface area contributed by atoms with E-state index in [1.54, 1.807) is 4.57 Å². The molecule has 2 atom stereocenters. The molecular weight excluding hydrogens is 408 g/mol. The Balaban J connectivity index is 1.45. The maximum Gasteiger partial charge on any atom is 0.257 e. The van der Waals surface area contributed by atoms with Crippen molar-refractivity contribution in [3.63, 3.8) is 0 Å². The van der Waals surface area contributed by atoms with Crippen molar-refractivity contribution >= 4 is 10.0 Å². The summed E-state index contributed by atoms with van der Waals surface area (Å²) in [6, 6.07) is 17.7. The van der Waals surface area contributed by atoms with Gasteiger partial charge in [0.05, 0.1) is 6.33 Å². The summed E-state index contributed by atoms with van der Waals surface area (Å²) >= 11 is 0. The molecule has 3 aromatic rings. The normalized spacial score (nSPS) is 18.3. The standard InChI is InChI=1S/C24H30N4O2S/c1-26-15-21-14-20-10-9-19(8-5-11-28-16-24(27-17-28)31(25,29)30)13-22(20)23(21)12-18-6-3-2-4-7-18/h2-4,6-7,9-10,13,16-17,21,23,26H,5,8,11-12,14-15H2,1H3,(H2,25,29,30). The molecule has 2 aromatic carbocycles. The first-order chi connectivity index (χ1) is 14.9. The van der Waals surface area contributed by atoms with Gasteiger partial charge >= 0.3 is 0 Å². The highest BCUT2D eigenvalue weighted by molar-refractivity contribution is 7.89. The molecule has 2 unspecified atom stereocenters. The number of hydrogen-bond donors (Lipinski definition) is 2. The lowest BCUT2D eigenvalue weighted by Gasteiger charge is -2.21. The Morgan fingerprint density at radius 2 is 1.97 bits per heavy atom. The molecule has 1 aromatic heterocycles. The van der Waals surface area contributed by atoms with E-state index in [4.69, 9.17) is 5.14 Å². The third-order valence-corrected chi connectivity index (χ3v) is 7.00. The number of rotatable bonds is 9. The summed E-state index contributed by atoms with van der Waals surface area (Å²) in [5.74, 6) is 1.13. The van der Waals surface area contributed by atoms with E-state index in [1.165, 1.54) is 34.8 Å². The van der Waals surface area contributed by atoms with Crippen molar-refractivity contribution < 1.29 is 8.42 Å². The molecule has 31 heavy (non-hydrogen) atoms. The van der Waals surface area contributed by atoms with Crippen molar-refractivity contribution in [3.8, 4) is 0 Å². The van der Waals surface area contributed by atoms with Crippen LogP contribution < -0.4 is 10.5 Å². The number of benzene rings is 2. The van der Waals surface area contributed by atoms with E-state index < -0.39 is 10.0 Å². The van der Waals surface area contributed by atoms with Crippen LogP contribution in [-0.2, 0) is 35.8 Å². The predicted molar refractivity (Wildman–Crippen MR) is 122 cm³/mol. The molecule has 0 amide bonds. The lowest BCUT2D eigenvalue weighted by molar-refractivity contribution is 0.436. The molecule has 0 bridgehead atoms. The van der Waals surface area contributed by atoms with Crippen molar-refractivity contribution in [2.45, 2.75) is 43.2 Å². The highest BCUT2D eigenvalue weighted by atomic mass is 32.2. The van der Waals surface area contributed by atoms with Crippen LogP contribution in [0.1, 0.15) is 34.6 Å². The Hall–Kier alpha value is -2.48. The van der Waals surface area contributed by atoms with Crippen LogP contribution in [0.2, 0.25) is 0 Å². The number of nitrogens with one attached hydrogen (secondary N) is 1. The van der Waals surface area contributed by atoms with Crippen LogP contribution in [-0.4, -0.2) is 31.6 Å². The van der Waals surface area contributed by atoms with Crippen LogP contribution in [0.3, 0.4) is 0 Å². The molecule has 0 spiro atoms. The van der Waals surface area contributed by atoms with Crippen LogP contribution >= 0.6 is 0 Å². The molecule has 164 valence electrons. The summed E-state index contributed by atoms with van der Waals surface area (Å²) < 4.78 is 24.6. The number of fused-ring (bicyclic) bond motifs is 1. The van der Waals surface area contributed by atoms with Gasteiger partial charge in [-0.25, -0.2) is 18.5 Å². The van der Waals surface area contributed by atoms with Crippen molar-refractivity contribution in [2.75, 3.05) is 13.6 Å². The second kappa shape index (κ2) is 9.34. The highest BCUT2D eigenvalue weighted by Crippen LogP contribution is 2.40. The summed E-state index contributed by atoms with van der Waals surface area (Å²) in [6.07, 6.45) is 7.05. The zero-order valence-electron chi connectivity index (χ0n) is 17.9. The second-order valence-electron chi connectivity index (χ2n) is 8.45. The quantitative estimate of drug-likeness (QED) is 0.538. The van der Waals surface area contributed by atoms with E-state index in [0.717, 1.165) is 32.2 Å². The van der Waals surface area contributed by atoms with E-state index in [1.807, 2.05) is 7.05 Å². The average molecular weight is 439 g/mol. The number of primary sulfonamides is 1. The van der Waals surface area contributed by atoms with Crippen molar-refractivity contribution in [1.29, 1.82) is 0 Å². The zero-order valence-corrected chi connectivity index (χ0v) is 18.7. The first-order valence-electron chi connectivity index (χ1n) is 10.8. The summed E-state index contributed by atoms with van der Waals surface area (Å²) in [7, 11) is -1.71. The van der Waals surface area contributed by atoms with Gasteiger partial charge in [-0.1, -0.05) is 48.5 Å². The number of nitrogens with two attached hydrogens (primary N) is 1. The number of imidazole rings is 1. The van der Waals surface area contributed by atoms with Gasteiger partial charge in [-0.3, -0.25) is 0 Å². The van der Waals surface area contributed by atoms with Gasteiger partial charge in [0.15, 0.2) is 5.03 Å². The van der Waals surface area contributed by atoms with Crippen LogP contribution in [0.5, 0.6) is 0 Å². The Labute approximate surface area is 184 Å². The SMILES string of the molecule is CNCC1Cc2ccc(CCCn3cnc(S(N)(=O)=O)c3)cc2C1Cc1ccccc1. The molecular formula is C24H30N4O2S. The van der Waals surface area contributed by atoms with Crippen LogP contribution in [0.15, 0.2) is 66.1 Å². The smallest absolute Gasteiger partial charge is 0.257 e. The molecule has 4 rings (SSSR count). The van der Waals surface area contributed by atoms with Crippen LogP contribution in [0.25, 0.3) is 0 Å². The number of hydrogen-bond acceptors (Lipinski definition) is 4. The summed E-state index contributed by atoms with van der Waals surface area (Å²) in [5, 5.41) is 8.43. The fraction of sp³-hybridized carbons (Fsp3) is 0.375. The minimum Gasteiger partial charge on any atom is -0.336 e. The fourth-order valence-corrected chi connectivity index (χ4v) is 5.18. The van der Waals surface area contributed by atoms with Gasteiger partial charge in [0.25, 0.3) is 10.0 Å². The lowest BCUT2D eigenvalue weighted by Crippen LogP contribution is -2.23. The van der Waals surface area contributed by atoms with E-state index in [-0.39, 0.29) is 5.03 Å².